The maximum absolute atomic E-state index is 12.5. The number of para-hydroxylation sites is 1. The fourth-order valence-corrected chi connectivity index (χ4v) is 2.98. The molecule has 0 fully saturated rings. The second-order valence-corrected chi connectivity index (χ2v) is 7.30. The van der Waals surface area contributed by atoms with E-state index in [1.807, 2.05) is 44.2 Å². The monoisotopic (exact) mass is 404 g/mol. The van der Waals surface area contributed by atoms with E-state index in [1.54, 1.807) is 36.4 Å². The van der Waals surface area contributed by atoms with Gasteiger partial charge in [0.2, 0.25) is 0 Å². The van der Waals surface area contributed by atoms with Gasteiger partial charge < -0.3 is 15.4 Å². The van der Waals surface area contributed by atoms with Crippen molar-refractivity contribution in [3.8, 4) is 0 Å². The predicted octanol–water partition coefficient (Wildman–Crippen LogP) is 4.02. The van der Waals surface area contributed by atoms with Crippen LogP contribution in [0.4, 0.5) is 5.69 Å². The first kappa shape index (κ1) is 21.0. The van der Waals surface area contributed by atoms with Crippen molar-refractivity contribution in [3.05, 3.63) is 77.9 Å². The molecule has 0 spiro atoms. The Morgan fingerprint density at radius 3 is 2.33 bits per heavy atom. The number of ether oxygens (including phenoxy) is 1. The van der Waals surface area contributed by atoms with Crippen molar-refractivity contribution >= 4 is 34.2 Å². The predicted molar refractivity (Wildman–Crippen MR) is 116 cm³/mol. The van der Waals surface area contributed by atoms with Crippen molar-refractivity contribution in [1.29, 1.82) is 0 Å². The second-order valence-electron chi connectivity index (χ2n) is 7.30. The lowest BCUT2D eigenvalue weighted by Gasteiger charge is -2.13. The maximum Gasteiger partial charge on any atom is 0.339 e. The van der Waals surface area contributed by atoms with E-state index in [4.69, 9.17) is 4.74 Å². The highest BCUT2D eigenvalue weighted by molar-refractivity contribution is 6.06. The van der Waals surface area contributed by atoms with Gasteiger partial charge in [0, 0.05) is 6.54 Å². The van der Waals surface area contributed by atoms with Crippen LogP contribution in [0.25, 0.3) is 10.8 Å². The molecule has 2 amide bonds. The lowest BCUT2D eigenvalue weighted by molar-refractivity contribution is -0.119. The summed E-state index contributed by atoms with van der Waals surface area (Å²) in [5, 5.41) is 7.15. The largest absolute Gasteiger partial charge is 0.452 e. The number of rotatable bonds is 7. The van der Waals surface area contributed by atoms with Crippen molar-refractivity contribution in [2.24, 2.45) is 5.92 Å². The van der Waals surface area contributed by atoms with Crippen LogP contribution in [0.1, 0.15) is 34.6 Å². The molecule has 0 radical (unpaired) electrons. The topological polar surface area (TPSA) is 84.5 Å². The van der Waals surface area contributed by atoms with E-state index in [9.17, 15) is 14.4 Å². The van der Waals surface area contributed by atoms with Gasteiger partial charge >= 0.3 is 5.97 Å². The number of anilines is 1. The first-order valence-corrected chi connectivity index (χ1v) is 9.77. The molecule has 0 atom stereocenters. The van der Waals surface area contributed by atoms with Gasteiger partial charge in [-0.25, -0.2) is 4.79 Å². The zero-order chi connectivity index (χ0) is 21.5. The van der Waals surface area contributed by atoms with Gasteiger partial charge in [0.1, 0.15) is 0 Å². The SMILES string of the molecule is CC(C)CNC(=O)c1ccccc1NC(=O)COC(=O)c1cccc2ccccc12. The lowest BCUT2D eigenvalue weighted by atomic mass is 10.1. The number of hydrogen-bond donors (Lipinski definition) is 2. The summed E-state index contributed by atoms with van der Waals surface area (Å²) in [7, 11) is 0. The van der Waals surface area contributed by atoms with Gasteiger partial charge in [0.05, 0.1) is 16.8 Å². The molecule has 0 aromatic heterocycles. The van der Waals surface area contributed by atoms with E-state index in [1.165, 1.54) is 0 Å². The third kappa shape index (κ3) is 5.23. The summed E-state index contributed by atoms with van der Waals surface area (Å²) in [5.41, 5.74) is 1.12. The number of nitrogens with one attached hydrogen (secondary N) is 2. The van der Waals surface area contributed by atoms with Gasteiger partial charge in [-0.2, -0.15) is 0 Å². The van der Waals surface area contributed by atoms with Crippen molar-refractivity contribution in [1.82, 2.24) is 5.32 Å². The Hall–Kier alpha value is -3.67. The highest BCUT2D eigenvalue weighted by Crippen LogP contribution is 2.19. The molecule has 0 aliphatic rings. The molecule has 3 aromatic carbocycles. The molecule has 0 aliphatic heterocycles. The van der Waals surface area contributed by atoms with Gasteiger partial charge in [-0.05, 0) is 34.9 Å². The van der Waals surface area contributed by atoms with Crippen LogP contribution >= 0.6 is 0 Å². The summed E-state index contributed by atoms with van der Waals surface area (Å²) < 4.78 is 5.20. The molecule has 30 heavy (non-hydrogen) atoms. The van der Waals surface area contributed by atoms with Gasteiger partial charge in [-0.3, -0.25) is 9.59 Å². The van der Waals surface area contributed by atoms with Crippen molar-refractivity contribution in [2.45, 2.75) is 13.8 Å². The Morgan fingerprint density at radius 2 is 1.53 bits per heavy atom. The van der Waals surface area contributed by atoms with Crippen molar-refractivity contribution < 1.29 is 19.1 Å². The minimum Gasteiger partial charge on any atom is -0.452 e. The second kappa shape index (κ2) is 9.69. The summed E-state index contributed by atoms with van der Waals surface area (Å²) in [4.78, 5) is 37.2. The number of carbonyl (C=O) groups excluding carboxylic acids is 3. The minimum absolute atomic E-state index is 0.271. The third-order valence-corrected chi connectivity index (χ3v) is 4.46. The van der Waals surface area contributed by atoms with Crippen LogP contribution in [-0.4, -0.2) is 30.9 Å². The highest BCUT2D eigenvalue weighted by atomic mass is 16.5. The number of amides is 2. The van der Waals surface area contributed by atoms with Gasteiger partial charge in [-0.1, -0.05) is 62.4 Å². The van der Waals surface area contributed by atoms with Crippen LogP contribution in [0, 0.1) is 5.92 Å². The molecule has 0 saturated carbocycles. The smallest absolute Gasteiger partial charge is 0.339 e. The molecular weight excluding hydrogens is 380 g/mol. The summed E-state index contributed by atoms with van der Waals surface area (Å²) in [6.45, 7) is 4.07. The Kier molecular flexibility index (Phi) is 6.80. The molecule has 0 heterocycles. The molecule has 2 N–H and O–H groups in total. The van der Waals surface area contributed by atoms with Gasteiger partial charge in [0.15, 0.2) is 6.61 Å². The molecule has 3 aromatic rings. The number of carbonyl (C=O) groups is 3. The average Bonchev–Trinajstić information content (AvgIpc) is 2.75. The van der Waals surface area contributed by atoms with E-state index < -0.39 is 18.5 Å². The maximum atomic E-state index is 12.5. The number of benzene rings is 3. The number of hydrogen-bond acceptors (Lipinski definition) is 4. The van der Waals surface area contributed by atoms with E-state index in [0.717, 1.165) is 10.8 Å². The average molecular weight is 404 g/mol. The summed E-state index contributed by atoms with van der Waals surface area (Å²) in [6.07, 6.45) is 0. The highest BCUT2D eigenvalue weighted by Gasteiger charge is 2.16. The number of esters is 1. The van der Waals surface area contributed by atoms with Crippen LogP contribution in [0.5, 0.6) is 0 Å². The summed E-state index contributed by atoms with van der Waals surface area (Å²) >= 11 is 0. The first-order valence-electron chi connectivity index (χ1n) is 9.77. The molecule has 0 unspecified atom stereocenters. The van der Waals surface area contributed by atoms with Crippen LogP contribution in [0.15, 0.2) is 66.7 Å². The minimum atomic E-state index is -0.579. The third-order valence-electron chi connectivity index (χ3n) is 4.46. The van der Waals surface area contributed by atoms with Crippen LogP contribution in [-0.2, 0) is 9.53 Å². The Bertz CT molecular complexity index is 1070. The van der Waals surface area contributed by atoms with Gasteiger partial charge in [-0.15, -0.1) is 0 Å². The quantitative estimate of drug-likeness (QED) is 0.583. The summed E-state index contributed by atoms with van der Waals surface area (Å²) in [5.74, 6) is -1.06. The Morgan fingerprint density at radius 1 is 0.867 bits per heavy atom. The molecule has 154 valence electrons. The number of fused-ring (bicyclic) bond motifs is 1. The fraction of sp³-hybridized carbons (Fsp3) is 0.208. The standard InChI is InChI=1S/C24H24N2O4/c1-16(2)14-25-23(28)20-11-5-6-13-21(20)26-22(27)15-30-24(29)19-12-7-9-17-8-3-4-10-18(17)19/h3-13,16H,14-15H2,1-2H3,(H,25,28)(H,26,27). The molecule has 6 heteroatoms. The molecule has 0 bridgehead atoms. The van der Waals surface area contributed by atoms with E-state index in [-0.39, 0.29) is 5.91 Å². The molecule has 0 aliphatic carbocycles. The van der Waals surface area contributed by atoms with Crippen LogP contribution < -0.4 is 10.6 Å². The Labute approximate surface area is 175 Å². The Balaban J connectivity index is 1.64. The van der Waals surface area contributed by atoms with E-state index in [2.05, 4.69) is 10.6 Å². The molecule has 6 nitrogen and oxygen atoms in total. The fourth-order valence-electron chi connectivity index (χ4n) is 2.98. The molecular formula is C24H24N2O4. The normalized spacial score (nSPS) is 10.6. The zero-order valence-corrected chi connectivity index (χ0v) is 17.0. The molecule has 3 rings (SSSR count). The van der Waals surface area contributed by atoms with Gasteiger partial charge in [0.25, 0.3) is 11.8 Å². The van der Waals surface area contributed by atoms with Crippen LogP contribution in [0.2, 0.25) is 0 Å². The van der Waals surface area contributed by atoms with Crippen LogP contribution in [0.3, 0.4) is 0 Å². The lowest BCUT2D eigenvalue weighted by Crippen LogP contribution is -2.29. The zero-order valence-electron chi connectivity index (χ0n) is 17.0. The van der Waals surface area contributed by atoms with Crippen molar-refractivity contribution in [3.63, 3.8) is 0 Å². The van der Waals surface area contributed by atoms with E-state index >= 15 is 0 Å². The van der Waals surface area contributed by atoms with Crippen molar-refractivity contribution in [2.75, 3.05) is 18.5 Å². The summed E-state index contributed by atoms with van der Waals surface area (Å²) in [6, 6.07) is 19.5. The first-order chi connectivity index (χ1) is 14.5. The molecule has 0 saturated heterocycles. The van der Waals surface area contributed by atoms with E-state index in [0.29, 0.717) is 29.3 Å².